The van der Waals surface area contributed by atoms with Crippen molar-refractivity contribution in [3.05, 3.63) is 52.1 Å². The molecule has 0 atom stereocenters. The van der Waals surface area contributed by atoms with Crippen LogP contribution in [0.25, 0.3) is 0 Å². The molecule has 0 saturated heterocycles. The van der Waals surface area contributed by atoms with Gasteiger partial charge in [0.05, 0.1) is 0 Å². The maximum Gasteiger partial charge on any atom is 0.123 e. The zero-order valence-electron chi connectivity index (χ0n) is 8.86. The van der Waals surface area contributed by atoms with E-state index in [9.17, 15) is 0 Å². The first-order chi connectivity index (χ1) is 8.15. The lowest BCUT2D eigenvalue weighted by molar-refractivity contribution is 1.24. The lowest BCUT2D eigenvalue weighted by atomic mass is 10.2. The van der Waals surface area contributed by atoms with Gasteiger partial charge in [-0.25, -0.2) is 4.98 Å². The Balaban J connectivity index is 2.07. The second-order valence-corrected chi connectivity index (χ2v) is 5.34. The largest absolute Gasteiger partial charge is 0.384 e. The average Bonchev–Trinajstić information content (AvgIpc) is 2.32. The van der Waals surface area contributed by atoms with E-state index in [1.165, 1.54) is 0 Å². The maximum absolute atomic E-state index is 6.08. The number of thioether (sulfide) groups is 1. The van der Waals surface area contributed by atoms with Crippen LogP contribution in [0.15, 0.2) is 41.4 Å². The van der Waals surface area contributed by atoms with Crippen molar-refractivity contribution in [1.29, 1.82) is 0 Å². The normalized spacial score (nSPS) is 10.5. The first-order valence-electron chi connectivity index (χ1n) is 4.93. The molecule has 0 saturated carbocycles. The van der Waals surface area contributed by atoms with E-state index in [1.54, 1.807) is 36.2 Å². The summed E-state index contributed by atoms with van der Waals surface area (Å²) < 4.78 is 0. The first kappa shape index (κ1) is 12.6. The quantitative estimate of drug-likeness (QED) is 0.856. The van der Waals surface area contributed by atoms with Gasteiger partial charge in [0, 0.05) is 26.9 Å². The molecular formula is C12H10Cl2N2S. The zero-order chi connectivity index (χ0) is 12.3. The lowest BCUT2D eigenvalue weighted by Gasteiger charge is -2.05. The summed E-state index contributed by atoms with van der Waals surface area (Å²) in [6.45, 7) is 0. The van der Waals surface area contributed by atoms with Crippen molar-refractivity contribution in [3.8, 4) is 0 Å². The minimum absolute atomic E-state index is 0.523. The minimum Gasteiger partial charge on any atom is -0.384 e. The van der Waals surface area contributed by atoms with Gasteiger partial charge in [-0.05, 0) is 35.9 Å². The fourth-order valence-corrected chi connectivity index (χ4v) is 2.60. The van der Waals surface area contributed by atoms with Crippen LogP contribution in [0.3, 0.4) is 0 Å². The van der Waals surface area contributed by atoms with Crippen molar-refractivity contribution < 1.29 is 0 Å². The van der Waals surface area contributed by atoms with E-state index in [2.05, 4.69) is 4.98 Å². The van der Waals surface area contributed by atoms with Crippen molar-refractivity contribution in [1.82, 2.24) is 4.98 Å². The Labute approximate surface area is 114 Å². The van der Waals surface area contributed by atoms with Crippen LogP contribution in [0.1, 0.15) is 5.56 Å². The molecule has 0 fully saturated rings. The van der Waals surface area contributed by atoms with E-state index >= 15 is 0 Å². The number of nitrogens with two attached hydrogens (primary N) is 1. The number of rotatable bonds is 3. The Morgan fingerprint density at radius 1 is 1.18 bits per heavy atom. The third kappa shape index (κ3) is 3.53. The molecule has 0 unspecified atom stereocenters. The number of halogens is 2. The average molecular weight is 285 g/mol. The number of hydrogen-bond acceptors (Lipinski definition) is 3. The molecular weight excluding hydrogens is 275 g/mol. The predicted octanol–water partition coefficient (Wildman–Crippen LogP) is 4.26. The van der Waals surface area contributed by atoms with E-state index in [0.29, 0.717) is 10.8 Å². The van der Waals surface area contributed by atoms with Gasteiger partial charge in [0.2, 0.25) is 0 Å². The van der Waals surface area contributed by atoms with Crippen LogP contribution in [0.4, 0.5) is 5.82 Å². The lowest BCUT2D eigenvalue weighted by Crippen LogP contribution is -1.88. The van der Waals surface area contributed by atoms with Crippen LogP contribution in [0.5, 0.6) is 0 Å². The SMILES string of the molecule is Nc1ccc(SCc2cc(Cl)ccc2Cl)cn1. The van der Waals surface area contributed by atoms with Gasteiger partial charge < -0.3 is 5.73 Å². The Hall–Kier alpha value is -0.900. The molecule has 2 aromatic rings. The van der Waals surface area contributed by atoms with E-state index in [4.69, 9.17) is 28.9 Å². The van der Waals surface area contributed by atoms with E-state index in [1.807, 2.05) is 12.1 Å². The van der Waals surface area contributed by atoms with Crippen molar-refractivity contribution in [2.45, 2.75) is 10.6 Å². The highest BCUT2D eigenvalue weighted by atomic mass is 35.5. The van der Waals surface area contributed by atoms with E-state index in [-0.39, 0.29) is 0 Å². The predicted molar refractivity (Wildman–Crippen MR) is 74.7 cm³/mol. The fraction of sp³-hybridized carbons (Fsp3) is 0.0833. The summed E-state index contributed by atoms with van der Waals surface area (Å²) in [7, 11) is 0. The van der Waals surface area contributed by atoms with Crippen LogP contribution < -0.4 is 5.73 Å². The standard InChI is InChI=1S/C12H10Cl2N2S/c13-9-1-3-11(14)8(5-9)7-17-10-2-4-12(15)16-6-10/h1-6H,7H2,(H2,15,16). The second-order valence-electron chi connectivity index (χ2n) is 3.44. The number of aromatic nitrogens is 1. The van der Waals surface area contributed by atoms with Gasteiger partial charge >= 0.3 is 0 Å². The summed E-state index contributed by atoms with van der Waals surface area (Å²) >= 11 is 13.6. The van der Waals surface area contributed by atoms with Crippen LogP contribution in [0, 0.1) is 0 Å². The monoisotopic (exact) mass is 284 g/mol. The molecule has 1 aromatic heterocycles. The number of nitrogen functional groups attached to an aromatic ring is 1. The van der Waals surface area contributed by atoms with Gasteiger partial charge in [0.25, 0.3) is 0 Å². The Kier molecular flexibility index (Phi) is 4.15. The number of anilines is 1. The second kappa shape index (κ2) is 5.63. The molecule has 0 spiro atoms. The molecule has 2 nitrogen and oxygen atoms in total. The number of hydrogen-bond donors (Lipinski definition) is 1. The van der Waals surface area contributed by atoms with Gasteiger partial charge in [-0.15, -0.1) is 11.8 Å². The van der Waals surface area contributed by atoms with Crippen molar-refractivity contribution in [3.63, 3.8) is 0 Å². The van der Waals surface area contributed by atoms with E-state index in [0.717, 1.165) is 21.2 Å². The molecule has 0 aliphatic heterocycles. The number of nitrogens with zero attached hydrogens (tertiary/aromatic N) is 1. The van der Waals surface area contributed by atoms with Crippen LogP contribution in [0.2, 0.25) is 10.0 Å². The summed E-state index contributed by atoms with van der Waals surface area (Å²) in [4.78, 5) is 5.08. The fourth-order valence-electron chi connectivity index (χ4n) is 1.29. The van der Waals surface area contributed by atoms with Crippen LogP contribution >= 0.6 is 35.0 Å². The molecule has 0 bridgehead atoms. The smallest absolute Gasteiger partial charge is 0.123 e. The summed E-state index contributed by atoms with van der Waals surface area (Å²) in [5.74, 6) is 1.28. The third-order valence-electron chi connectivity index (χ3n) is 2.16. The molecule has 2 rings (SSSR count). The summed E-state index contributed by atoms with van der Waals surface area (Å²) in [5.41, 5.74) is 6.53. The van der Waals surface area contributed by atoms with Crippen molar-refractivity contribution in [2.24, 2.45) is 0 Å². The molecule has 1 aromatic carbocycles. The molecule has 2 N–H and O–H groups in total. The summed E-state index contributed by atoms with van der Waals surface area (Å²) in [5, 5.41) is 1.42. The highest BCUT2D eigenvalue weighted by Gasteiger charge is 2.03. The van der Waals surface area contributed by atoms with E-state index < -0.39 is 0 Å². The molecule has 0 amide bonds. The summed E-state index contributed by atoms with van der Waals surface area (Å²) in [6.07, 6.45) is 1.75. The van der Waals surface area contributed by atoms with Crippen LogP contribution in [-0.4, -0.2) is 4.98 Å². The molecule has 0 aliphatic rings. The third-order valence-corrected chi connectivity index (χ3v) is 3.80. The molecule has 0 radical (unpaired) electrons. The highest BCUT2D eigenvalue weighted by Crippen LogP contribution is 2.28. The molecule has 17 heavy (non-hydrogen) atoms. The maximum atomic E-state index is 6.08. The molecule has 0 aliphatic carbocycles. The first-order valence-corrected chi connectivity index (χ1v) is 6.67. The minimum atomic E-state index is 0.523. The molecule has 5 heteroatoms. The van der Waals surface area contributed by atoms with Gasteiger partial charge in [0.15, 0.2) is 0 Å². The van der Waals surface area contributed by atoms with Crippen molar-refractivity contribution in [2.75, 3.05) is 5.73 Å². The summed E-state index contributed by atoms with van der Waals surface area (Å²) in [6, 6.07) is 9.18. The zero-order valence-corrected chi connectivity index (χ0v) is 11.2. The van der Waals surface area contributed by atoms with Crippen molar-refractivity contribution >= 4 is 40.8 Å². The molecule has 88 valence electrons. The number of benzene rings is 1. The van der Waals surface area contributed by atoms with Gasteiger partial charge in [-0.3, -0.25) is 0 Å². The van der Waals surface area contributed by atoms with Crippen LogP contribution in [-0.2, 0) is 5.75 Å². The molecule has 1 heterocycles. The Morgan fingerprint density at radius 3 is 2.71 bits per heavy atom. The Morgan fingerprint density at radius 2 is 2.00 bits per heavy atom. The Bertz CT molecular complexity index is 514. The topological polar surface area (TPSA) is 38.9 Å². The van der Waals surface area contributed by atoms with Gasteiger partial charge in [0.1, 0.15) is 5.82 Å². The van der Waals surface area contributed by atoms with Gasteiger partial charge in [-0.1, -0.05) is 23.2 Å². The highest BCUT2D eigenvalue weighted by molar-refractivity contribution is 7.98. The number of pyridine rings is 1. The van der Waals surface area contributed by atoms with Gasteiger partial charge in [-0.2, -0.15) is 0 Å².